The molecule has 2 aromatic rings. The number of nitrogens with zero attached hydrogens (tertiary/aromatic N) is 3. The van der Waals surface area contributed by atoms with Crippen LogP contribution in [0.1, 0.15) is 31.7 Å². The number of likely N-dealkylation sites (tertiary alicyclic amines) is 1. The largest absolute Gasteiger partial charge is 0.299 e. The first-order chi connectivity index (χ1) is 11.1. The Morgan fingerprint density at radius 2 is 2.17 bits per heavy atom. The minimum Gasteiger partial charge on any atom is -0.299 e. The van der Waals surface area contributed by atoms with E-state index in [1.807, 2.05) is 17.6 Å². The molecule has 0 aromatic carbocycles. The van der Waals surface area contributed by atoms with Crippen LogP contribution in [0, 0.1) is 16.7 Å². The van der Waals surface area contributed by atoms with E-state index in [2.05, 4.69) is 35.0 Å². The van der Waals surface area contributed by atoms with E-state index in [0.29, 0.717) is 6.42 Å². The molecule has 5 heteroatoms. The van der Waals surface area contributed by atoms with Gasteiger partial charge in [-0.15, -0.1) is 11.3 Å². The van der Waals surface area contributed by atoms with Gasteiger partial charge < -0.3 is 0 Å². The van der Waals surface area contributed by atoms with Gasteiger partial charge in [0.05, 0.1) is 16.1 Å². The molecule has 0 atom stereocenters. The zero-order valence-corrected chi connectivity index (χ0v) is 14.8. The predicted molar refractivity (Wildman–Crippen MR) is 95.4 cm³/mol. The molecule has 3 nitrogen and oxygen atoms in total. The third-order valence-corrected chi connectivity index (χ3v) is 5.75. The van der Waals surface area contributed by atoms with Crippen molar-refractivity contribution in [3.63, 3.8) is 0 Å². The van der Waals surface area contributed by atoms with Crippen molar-refractivity contribution in [1.29, 1.82) is 5.26 Å². The molecule has 120 valence electrons. The molecule has 2 aromatic heterocycles. The molecule has 1 aliphatic heterocycles. The molecular weight excluding hydrogens is 326 g/mol. The van der Waals surface area contributed by atoms with Crippen molar-refractivity contribution in [2.75, 3.05) is 13.1 Å². The SMILES string of the molecule is CC1(CC#N)CCN(Cc2ccc(-c3csc(Cl)c3)nc2)CC1. The zero-order valence-electron chi connectivity index (χ0n) is 13.3. The summed E-state index contributed by atoms with van der Waals surface area (Å²) >= 11 is 7.51. The van der Waals surface area contributed by atoms with Crippen molar-refractivity contribution in [1.82, 2.24) is 9.88 Å². The van der Waals surface area contributed by atoms with Crippen LogP contribution >= 0.6 is 22.9 Å². The molecular formula is C18H20ClN3S. The summed E-state index contributed by atoms with van der Waals surface area (Å²) in [6.07, 6.45) is 4.82. The first-order valence-corrected chi connectivity index (χ1v) is 9.12. The Morgan fingerprint density at radius 3 is 2.74 bits per heavy atom. The lowest BCUT2D eigenvalue weighted by molar-refractivity contribution is 0.116. The van der Waals surface area contributed by atoms with Crippen LogP contribution < -0.4 is 0 Å². The lowest BCUT2D eigenvalue weighted by Gasteiger charge is -2.38. The normalized spacial score (nSPS) is 17.8. The summed E-state index contributed by atoms with van der Waals surface area (Å²) in [5, 5.41) is 11.0. The van der Waals surface area contributed by atoms with Gasteiger partial charge in [0.1, 0.15) is 0 Å². The Hall–Kier alpha value is -1.41. The molecule has 3 rings (SSSR count). The maximum atomic E-state index is 8.93. The van der Waals surface area contributed by atoms with E-state index in [4.69, 9.17) is 16.9 Å². The van der Waals surface area contributed by atoms with Gasteiger partial charge in [-0.25, -0.2) is 0 Å². The first-order valence-electron chi connectivity index (χ1n) is 7.87. The highest BCUT2D eigenvalue weighted by molar-refractivity contribution is 7.14. The number of rotatable bonds is 4. The maximum Gasteiger partial charge on any atom is 0.0935 e. The summed E-state index contributed by atoms with van der Waals surface area (Å²) in [5.41, 5.74) is 3.49. The van der Waals surface area contributed by atoms with Crippen molar-refractivity contribution >= 4 is 22.9 Å². The molecule has 0 aliphatic carbocycles. The molecule has 0 spiro atoms. The molecule has 0 bridgehead atoms. The summed E-state index contributed by atoms with van der Waals surface area (Å²) in [7, 11) is 0. The molecule has 0 N–H and O–H groups in total. The van der Waals surface area contributed by atoms with Crippen LogP contribution in [0.5, 0.6) is 0 Å². The zero-order chi connectivity index (χ0) is 16.3. The summed E-state index contributed by atoms with van der Waals surface area (Å²) in [6, 6.07) is 8.50. The molecule has 1 aliphatic rings. The highest BCUT2D eigenvalue weighted by atomic mass is 35.5. The van der Waals surface area contributed by atoms with Crippen LogP contribution in [0.2, 0.25) is 4.34 Å². The summed E-state index contributed by atoms with van der Waals surface area (Å²) in [4.78, 5) is 7.02. The number of pyridine rings is 1. The van der Waals surface area contributed by atoms with E-state index >= 15 is 0 Å². The van der Waals surface area contributed by atoms with E-state index in [0.717, 1.165) is 48.1 Å². The summed E-state index contributed by atoms with van der Waals surface area (Å²) < 4.78 is 0.791. The lowest BCUT2D eigenvalue weighted by atomic mass is 9.78. The van der Waals surface area contributed by atoms with Crippen LogP contribution in [-0.4, -0.2) is 23.0 Å². The Balaban J connectivity index is 1.58. The van der Waals surface area contributed by atoms with Gasteiger partial charge in [-0.2, -0.15) is 5.26 Å². The van der Waals surface area contributed by atoms with Crippen LogP contribution in [0.15, 0.2) is 29.8 Å². The fourth-order valence-electron chi connectivity index (χ4n) is 3.01. The molecule has 23 heavy (non-hydrogen) atoms. The van der Waals surface area contributed by atoms with Gasteiger partial charge in [-0.1, -0.05) is 24.6 Å². The van der Waals surface area contributed by atoms with Crippen molar-refractivity contribution in [3.05, 3.63) is 39.7 Å². The van der Waals surface area contributed by atoms with E-state index in [9.17, 15) is 0 Å². The van der Waals surface area contributed by atoms with Crippen molar-refractivity contribution < 1.29 is 0 Å². The highest BCUT2D eigenvalue weighted by Gasteiger charge is 2.29. The third-order valence-electron chi connectivity index (χ3n) is 4.66. The first kappa shape index (κ1) is 16.4. The van der Waals surface area contributed by atoms with Gasteiger partial charge >= 0.3 is 0 Å². The fourth-order valence-corrected chi connectivity index (χ4v) is 3.88. The molecule has 0 unspecified atom stereocenters. The van der Waals surface area contributed by atoms with Gasteiger partial charge in [0.15, 0.2) is 0 Å². The number of hydrogen-bond acceptors (Lipinski definition) is 4. The van der Waals surface area contributed by atoms with Crippen molar-refractivity contribution in [2.24, 2.45) is 5.41 Å². The maximum absolute atomic E-state index is 8.93. The highest BCUT2D eigenvalue weighted by Crippen LogP contribution is 2.34. The minimum atomic E-state index is 0.200. The van der Waals surface area contributed by atoms with Crippen LogP contribution in [-0.2, 0) is 6.54 Å². The number of thiophene rings is 1. The number of hydrogen-bond donors (Lipinski definition) is 0. The van der Waals surface area contributed by atoms with Crippen molar-refractivity contribution in [3.8, 4) is 17.3 Å². The third kappa shape index (κ3) is 4.11. The Morgan fingerprint density at radius 1 is 1.39 bits per heavy atom. The molecule has 1 saturated heterocycles. The molecule has 0 saturated carbocycles. The van der Waals surface area contributed by atoms with Gasteiger partial charge in [0.25, 0.3) is 0 Å². The predicted octanol–water partition coefficient (Wildman–Crippen LogP) is 4.98. The number of aromatic nitrogens is 1. The van der Waals surface area contributed by atoms with Crippen molar-refractivity contribution in [2.45, 2.75) is 32.7 Å². The Kier molecular flexibility index (Phi) is 5.01. The van der Waals surface area contributed by atoms with Gasteiger partial charge in [-0.3, -0.25) is 9.88 Å². The van der Waals surface area contributed by atoms with Crippen LogP contribution in [0.3, 0.4) is 0 Å². The second kappa shape index (κ2) is 7.00. The average Bonchev–Trinajstić information content (AvgIpc) is 2.97. The Bertz CT molecular complexity index is 694. The van der Waals surface area contributed by atoms with Crippen LogP contribution in [0.4, 0.5) is 0 Å². The smallest absolute Gasteiger partial charge is 0.0935 e. The topological polar surface area (TPSA) is 39.9 Å². The van der Waals surface area contributed by atoms with Gasteiger partial charge in [0.2, 0.25) is 0 Å². The lowest BCUT2D eigenvalue weighted by Crippen LogP contribution is -2.38. The molecule has 3 heterocycles. The van der Waals surface area contributed by atoms with E-state index in [-0.39, 0.29) is 5.41 Å². The fraction of sp³-hybridized carbons (Fsp3) is 0.444. The number of piperidine rings is 1. The monoisotopic (exact) mass is 345 g/mol. The molecule has 0 amide bonds. The van der Waals surface area contributed by atoms with Crippen LogP contribution in [0.25, 0.3) is 11.3 Å². The minimum absolute atomic E-state index is 0.200. The van der Waals surface area contributed by atoms with E-state index in [1.165, 1.54) is 16.9 Å². The Labute approximate surface area is 146 Å². The standard InChI is InChI=1S/C18H20ClN3S/c1-18(4-7-20)5-8-22(9-6-18)12-14-2-3-16(21-11-14)15-10-17(19)23-13-15/h2-3,10-11,13H,4-6,8-9,12H2,1H3. The average molecular weight is 346 g/mol. The summed E-state index contributed by atoms with van der Waals surface area (Å²) in [5.74, 6) is 0. The molecule has 1 fully saturated rings. The second-order valence-electron chi connectivity index (χ2n) is 6.61. The van der Waals surface area contributed by atoms with E-state index < -0.39 is 0 Å². The number of halogens is 1. The van der Waals surface area contributed by atoms with Gasteiger partial charge in [-0.05, 0) is 49.0 Å². The summed E-state index contributed by atoms with van der Waals surface area (Å²) in [6.45, 7) is 5.27. The van der Waals surface area contributed by atoms with E-state index in [1.54, 1.807) is 0 Å². The number of nitriles is 1. The molecule has 0 radical (unpaired) electrons. The second-order valence-corrected chi connectivity index (χ2v) is 8.16. The quantitative estimate of drug-likeness (QED) is 0.784. The van der Waals surface area contributed by atoms with Gasteiger partial charge in [0, 0.05) is 30.1 Å².